The Morgan fingerprint density at radius 1 is 1.25 bits per heavy atom. The van der Waals surface area contributed by atoms with Crippen molar-refractivity contribution in [3.8, 4) is 17.4 Å². The van der Waals surface area contributed by atoms with Crippen LogP contribution in [0.3, 0.4) is 0 Å². The van der Waals surface area contributed by atoms with Gasteiger partial charge in [0.15, 0.2) is 16.6 Å². The van der Waals surface area contributed by atoms with Crippen LogP contribution in [0.25, 0.3) is 12.2 Å². The fourth-order valence-corrected chi connectivity index (χ4v) is 3.67. The third-order valence-electron chi connectivity index (χ3n) is 4.14. The van der Waals surface area contributed by atoms with Crippen LogP contribution in [-0.2, 0) is 4.79 Å². The average Bonchev–Trinajstić information content (AvgIpc) is 3.27. The topological polar surface area (TPSA) is 106 Å². The molecule has 9 heteroatoms. The van der Waals surface area contributed by atoms with E-state index in [1.54, 1.807) is 42.7 Å². The molecule has 0 aliphatic carbocycles. The molecular weight excluding hydrogens is 380 g/mol. The second-order valence-electron chi connectivity index (χ2n) is 6.00. The second kappa shape index (κ2) is 6.46. The highest BCUT2D eigenvalue weighted by molar-refractivity contribution is 7.16. The molecule has 28 heavy (non-hydrogen) atoms. The van der Waals surface area contributed by atoms with E-state index in [9.17, 15) is 9.90 Å². The lowest BCUT2D eigenvalue weighted by Gasteiger charge is -2.04. The molecular formula is C19H12N4O4S. The molecule has 2 aromatic heterocycles. The van der Waals surface area contributed by atoms with Crippen molar-refractivity contribution in [2.24, 2.45) is 4.99 Å². The Kier molecular flexibility index (Phi) is 3.80. The minimum absolute atomic E-state index is 0.149. The van der Waals surface area contributed by atoms with E-state index in [0.29, 0.717) is 32.4 Å². The zero-order valence-corrected chi connectivity index (χ0v) is 15.1. The molecule has 0 spiro atoms. The van der Waals surface area contributed by atoms with E-state index < -0.39 is 5.91 Å². The van der Waals surface area contributed by atoms with Crippen LogP contribution in [0.2, 0.25) is 0 Å². The number of anilines is 2. The summed E-state index contributed by atoms with van der Waals surface area (Å²) >= 11 is 1.22. The first-order valence-corrected chi connectivity index (χ1v) is 9.10. The normalized spacial score (nSPS) is 15.7. The van der Waals surface area contributed by atoms with E-state index in [4.69, 9.17) is 9.47 Å². The number of hydrogen-bond donors (Lipinski definition) is 2. The molecule has 1 aromatic carbocycles. The van der Waals surface area contributed by atoms with E-state index in [1.807, 2.05) is 6.07 Å². The number of rotatable bonds is 3. The van der Waals surface area contributed by atoms with Crippen molar-refractivity contribution in [2.75, 3.05) is 12.1 Å². The number of nitrogens with one attached hydrogen (secondary N) is 1. The van der Waals surface area contributed by atoms with Crippen LogP contribution < -0.4 is 25.4 Å². The number of amides is 1. The Morgan fingerprint density at radius 3 is 2.93 bits per heavy atom. The highest BCUT2D eigenvalue weighted by Crippen LogP contribution is 2.32. The molecule has 0 radical (unpaired) electrons. The van der Waals surface area contributed by atoms with Gasteiger partial charge in [0.25, 0.3) is 5.91 Å². The molecule has 3 aromatic rings. The standard InChI is InChI=1S/C19H12N4O4S/c24-17-11(4-10-5-14-15(27-9-26-14)7-13(10)22-17)6-16-18(25)23-19(28-16)21-12-2-1-3-20-8-12/h1-8,25H,9H2,(H,21,23). The van der Waals surface area contributed by atoms with Gasteiger partial charge in [0.05, 0.1) is 22.1 Å². The van der Waals surface area contributed by atoms with Crippen molar-refractivity contribution in [1.82, 2.24) is 9.97 Å². The molecule has 0 atom stereocenters. The number of benzene rings is 1. The van der Waals surface area contributed by atoms with Crippen molar-refractivity contribution in [2.45, 2.75) is 0 Å². The fraction of sp³-hybridized carbons (Fsp3) is 0.0526. The van der Waals surface area contributed by atoms with Crippen LogP contribution in [0, 0.1) is 0 Å². The van der Waals surface area contributed by atoms with Crippen molar-refractivity contribution >= 4 is 40.2 Å². The molecule has 1 amide bonds. The maximum absolute atomic E-state index is 12.4. The smallest absolute Gasteiger partial charge is 0.277 e. The van der Waals surface area contributed by atoms with Gasteiger partial charge in [-0.2, -0.15) is 4.98 Å². The van der Waals surface area contributed by atoms with Gasteiger partial charge in [-0.25, -0.2) is 4.99 Å². The predicted molar refractivity (Wildman–Crippen MR) is 102 cm³/mol. The number of pyridine rings is 1. The van der Waals surface area contributed by atoms with E-state index in [1.165, 1.54) is 11.3 Å². The Bertz CT molecular complexity index is 1250. The molecule has 0 saturated heterocycles. The molecule has 0 bridgehead atoms. The van der Waals surface area contributed by atoms with Crippen LogP contribution in [0.4, 0.5) is 10.8 Å². The molecule has 138 valence electrons. The summed E-state index contributed by atoms with van der Waals surface area (Å²) in [6.45, 7) is 0.149. The summed E-state index contributed by atoms with van der Waals surface area (Å²) in [6, 6.07) is 7.09. The largest absolute Gasteiger partial charge is 0.492 e. The van der Waals surface area contributed by atoms with Crippen LogP contribution in [0.1, 0.15) is 4.88 Å². The van der Waals surface area contributed by atoms with E-state index in [-0.39, 0.29) is 12.7 Å². The van der Waals surface area contributed by atoms with Gasteiger partial charge in [0.1, 0.15) is 0 Å². The third-order valence-corrected chi connectivity index (χ3v) is 5.04. The number of carbonyl (C=O) groups is 1. The molecule has 0 unspecified atom stereocenters. The molecule has 8 nitrogen and oxygen atoms in total. The Hall–Kier alpha value is -3.72. The SMILES string of the molecule is O=C1N=c2cc3c(cc2=CC1=Cc1sc(Nc2cccnc2)nc1O)OCO3. The second-order valence-corrected chi connectivity index (χ2v) is 7.03. The van der Waals surface area contributed by atoms with Crippen LogP contribution >= 0.6 is 11.3 Å². The Labute approximate surface area is 162 Å². The summed E-state index contributed by atoms with van der Waals surface area (Å²) in [6.07, 6.45) is 6.59. The molecule has 0 saturated carbocycles. The number of nitrogens with zero attached hydrogens (tertiary/aromatic N) is 3. The Balaban J connectivity index is 1.50. The van der Waals surface area contributed by atoms with Crippen molar-refractivity contribution in [1.29, 1.82) is 0 Å². The summed E-state index contributed by atoms with van der Waals surface area (Å²) in [5.74, 6) is 0.618. The minimum Gasteiger partial charge on any atom is -0.492 e. The number of ether oxygens (including phenoxy) is 2. The summed E-state index contributed by atoms with van der Waals surface area (Å²) in [5, 5.41) is 15.0. The Morgan fingerprint density at radius 2 is 2.11 bits per heavy atom. The molecule has 5 rings (SSSR count). The summed E-state index contributed by atoms with van der Waals surface area (Å²) in [5.41, 5.74) is 1.09. The third kappa shape index (κ3) is 2.97. The molecule has 2 aliphatic heterocycles. The quantitative estimate of drug-likeness (QED) is 0.654. The number of aromatic hydroxyl groups is 1. The maximum atomic E-state index is 12.4. The highest BCUT2D eigenvalue weighted by Gasteiger charge is 2.18. The van der Waals surface area contributed by atoms with Gasteiger partial charge in [-0.15, -0.1) is 0 Å². The van der Waals surface area contributed by atoms with Crippen molar-refractivity contribution in [3.63, 3.8) is 0 Å². The number of thiazole rings is 1. The lowest BCUT2D eigenvalue weighted by Crippen LogP contribution is -2.30. The maximum Gasteiger partial charge on any atom is 0.277 e. The van der Waals surface area contributed by atoms with E-state index in [2.05, 4.69) is 20.3 Å². The number of hydrogen-bond acceptors (Lipinski definition) is 8. The average molecular weight is 392 g/mol. The zero-order chi connectivity index (χ0) is 19.1. The molecule has 0 fully saturated rings. The first-order chi connectivity index (χ1) is 13.7. The molecule has 4 heterocycles. The van der Waals surface area contributed by atoms with E-state index >= 15 is 0 Å². The van der Waals surface area contributed by atoms with Gasteiger partial charge in [-0.1, -0.05) is 11.3 Å². The minimum atomic E-state index is -0.402. The van der Waals surface area contributed by atoms with Gasteiger partial charge >= 0.3 is 0 Å². The van der Waals surface area contributed by atoms with Gasteiger partial charge in [-0.05, 0) is 30.4 Å². The van der Waals surface area contributed by atoms with Crippen LogP contribution in [0.5, 0.6) is 17.4 Å². The summed E-state index contributed by atoms with van der Waals surface area (Å²) in [7, 11) is 0. The van der Waals surface area contributed by atoms with Crippen molar-refractivity contribution < 1.29 is 19.4 Å². The fourth-order valence-electron chi connectivity index (χ4n) is 2.84. The van der Waals surface area contributed by atoms with E-state index in [0.717, 1.165) is 10.9 Å². The number of carbonyl (C=O) groups excluding carboxylic acids is 1. The molecule has 2 aliphatic rings. The summed E-state index contributed by atoms with van der Waals surface area (Å²) < 4.78 is 10.7. The van der Waals surface area contributed by atoms with Gasteiger partial charge in [0, 0.05) is 23.1 Å². The van der Waals surface area contributed by atoms with Crippen molar-refractivity contribution in [3.05, 3.63) is 57.7 Å². The lowest BCUT2D eigenvalue weighted by atomic mass is 10.1. The molecule has 2 N–H and O–H groups in total. The first kappa shape index (κ1) is 16.5. The highest BCUT2D eigenvalue weighted by atomic mass is 32.1. The predicted octanol–water partition coefficient (Wildman–Crippen LogP) is 1.74. The van der Waals surface area contributed by atoms with Gasteiger partial charge in [-0.3, -0.25) is 9.78 Å². The first-order valence-electron chi connectivity index (χ1n) is 8.29. The number of aromatic nitrogens is 2. The monoisotopic (exact) mass is 392 g/mol. The van der Waals surface area contributed by atoms with Crippen LogP contribution in [0.15, 0.2) is 47.2 Å². The van der Waals surface area contributed by atoms with Gasteiger partial charge < -0.3 is 19.9 Å². The lowest BCUT2D eigenvalue weighted by molar-refractivity contribution is -0.114. The van der Waals surface area contributed by atoms with Crippen LogP contribution in [-0.4, -0.2) is 27.8 Å². The zero-order valence-electron chi connectivity index (χ0n) is 14.2. The summed E-state index contributed by atoms with van der Waals surface area (Å²) in [4.78, 5) is 25.1. The van der Waals surface area contributed by atoms with Gasteiger partial charge in [0.2, 0.25) is 12.7 Å². The number of fused-ring (bicyclic) bond motifs is 2.